The molecule has 1 unspecified atom stereocenters. The molecule has 1 atom stereocenters. The normalized spacial score (nSPS) is 23.6. The van der Waals surface area contributed by atoms with Crippen LogP contribution in [0.25, 0.3) is 0 Å². The van der Waals surface area contributed by atoms with Crippen LogP contribution >= 0.6 is 0 Å². The predicted molar refractivity (Wildman–Crippen MR) is 51.2 cm³/mol. The minimum atomic E-state index is -3.11. The number of sulfone groups is 1. The van der Waals surface area contributed by atoms with Crippen LogP contribution in [0.2, 0.25) is 0 Å². The number of carbonyl (C=O) groups is 1. The number of aliphatic hydroxyl groups is 1. The van der Waals surface area contributed by atoms with Crippen molar-refractivity contribution in [2.75, 3.05) is 12.4 Å². The lowest BCUT2D eigenvalue weighted by Crippen LogP contribution is -2.35. The zero-order valence-electron chi connectivity index (χ0n) is 7.64. The molecule has 1 aliphatic rings. The lowest BCUT2D eigenvalue weighted by molar-refractivity contribution is -0.121. The molecule has 0 aromatic carbocycles. The van der Waals surface area contributed by atoms with Crippen molar-refractivity contribution in [3.05, 3.63) is 11.5 Å². The molecule has 2 N–H and O–H groups in total. The largest absolute Gasteiger partial charge is 0.396 e. The van der Waals surface area contributed by atoms with E-state index in [2.05, 4.69) is 5.32 Å². The second-order valence-electron chi connectivity index (χ2n) is 3.16. The minimum Gasteiger partial charge on any atom is -0.396 e. The van der Waals surface area contributed by atoms with Gasteiger partial charge in [0, 0.05) is 18.4 Å². The molecule has 0 fully saturated rings. The maximum atomic E-state index is 11.1. The fourth-order valence-corrected chi connectivity index (χ4v) is 2.42. The summed E-state index contributed by atoms with van der Waals surface area (Å²) in [6.45, 7) is -0.0355. The van der Waals surface area contributed by atoms with E-state index in [1.165, 1.54) is 6.08 Å². The molecule has 1 heterocycles. The van der Waals surface area contributed by atoms with Crippen LogP contribution in [0.4, 0.5) is 0 Å². The summed E-state index contributed by atoms with van der Waals surface area (Å²) < 4.78 is 21.9. The minimum absolute atomic E-state index is 0.0355. The Hall–Kier alpha value is -0.880. The molecule has 0 saturated heterocycles. The van der Waals surface area contributed by atoms with E-state index >= 15 is 0 Å². The highest BCUT2D eigenvalue weighted by Gasteiger charge is 2.22. The van der Waals surface area contributed by atoms with Crippen LogP contribution in [0.5, 0.6) is 0 Å². The van der Waals surface area contributed by atoms with Gasteiger partial charge in [0.1, 0.15) is 0 Å². The Kier molecular flexibility index (Phi) is 3.65. The van der Waals surface area contributed by atoms with Crippen molar-refractivity contribution >= 4 is 15.7 Å². The average Bonchev–Trinajstić information content (AvgIpc) is 2.42. The highest BCUT2D eigenvalue weighted by Crippen LogP contribution is 2.07. The topological polar surface area (TPSA) is 83.5 Å². The van der Waals surface area contributed by atoms with Crippen LogP contribution in [-0.4, -0.2) is 37.8 Å². The van der Waals surface area contributed by atoms with Gasteiger partial charge in [-0.3, -0.25) is 4.79 Å². The molecule has 0 saturated carbocycles. The van der Waals surface area contributed by atoms with Crippen LogP contribution in [-0.2, 0) is 14.6 Å². The van der Waals surface area contributed by atoms with Crippen LogP contribution in [0.1, 0.15) is 12.8 Å². The van der Waals surface area contributed by atoms with Crippen molar-refractivity contribution in [2.45, 2.75) is 18.9 Å². The predicted octanol–water partition coefficient (Wildman–Crippen LogP) is -0.814. The first-order valence-corrected chi connectivity index (χ1v) is 6.06. The first-order valence-electron chi connectivity index (χ1n) is 4.35. The van der Waals surface area contributed by atoms with E-state index in [1.807, 2.05) is 0 Å². The summed E-state index contributed by atoms with van der Waals surface area (Å²) in [4.78, 5) is 11.1. The Morgan fingerprint density at radius 3 is 2.79 bits per heavy atom. The Morgan fingerprint density at radius 2 is 2.29 bits per heavy atom. The van der Waals surface area contributed by atoms with Gasteiger partial charge in [-0.1, -0.05) is 0 Å². The van der Waals surface area contributed by atoms with Gasteiger partial charge in [-0.2, -0.15) is 0 Å². The zero-order chi connectivity index (χ0) is 10.6. The Labute approximate surface area is 82.7 Å². The zero-order valence-corrected chi connectivity index (χ0v) is 8.46. The van der Waals surface area contributed by atoms with E-state index in [4.69, 9.17) is 5.11 Å². The van der Waals surface area contributed by atoms with Gasteiger partial charge >= 0.3 is 0 Å². The van der Waals surface area contributed by atoms with Gasteiger partial charge in [0.25, 0.3) is 0 Å². The first kappa shape index (κ1) is 11.2. The van der Waals surface area contributed by atoms with E-state index in [9.17, 15) is 13.2 Å². The standard InChI is InChI=1S/C8H13NO4S/c10-4-1-2-8(11)9-7-3-5-14(12,13)6-7/h3,5,7,10H,1-2,4,6H2,(H,9,11). The molecule has 0 radical (unpaired) electrons. The van der Waals surface area contributed by atoms with Crippen LogP contribution in [0.3, 0.4) is 0 Å². The SMILES string of the molecule is O=C(CCCO)NC1C=CS(=O)(=O)C1. The second-order valence-corrected chi connectivity index (χ2v) is 5.09. The lowest BCUT2D eigenvalue weighted by Gasteiger charge is -2.08. The summed E-state index contributed by atoms with van der Waals surface area (Å²) in [5, 5.41) is 12.1. The van der Waals surface area contributed by atoms with Gasteiger partial charge in [0.05, 0.1) is 11.8 Å². The van der Waals surface area contributed by atoms with Crippen LogP contribution < -0.4 is 5.32 Å². The van der Waals surface area contributed by atoms with Crippen molar-refractivity contribution in [1.29, 1.82) is 0 Å². The molecule has 1 amide bonds. The third-order valence-corrected chi connectivity index (χ3v) is 3.23. The van der Waals surface area contributed by atoms with Gasteiger partial charge in [-0.25, -0.2) is 8.42 Å². The summed E-state index contributed by atoms with van der Waals surface area (Å²) in [7, 11) is -3.11. The molecular weight excluding hydrogens is 206 g/mol. The number of nitrogens with one attached hydrogen (secondary N) is 1. The molecule has 1 aliphatic heterocycles. The van der Waals surface area contributed by atoms with Gasteiger partial charge in [-0.15, -0.1) is 0 Å². The van der Waals surface area contributed by atoms with Gasteiger partial charge in [0.15, 0.2) is 9.84 Å². The number of carbonyl (C=O) groups excluding carboxylic acids is 1. The van der Waals surface area contributed by atoms with Crippen molar-refractivity contribution < 1.29 is 18.3 Å². The summed E-state index contributed by atoms with van der Waals surface area (Å²) in [5.74, 6) is -0.288. The number of hydrogen-bond donors (Lipinski definition) is 2. The Morgan fingerprint density at radius 1 is 1.57 bits per heavy atom. The highest BCUT2D eigenvalue weighted by molar-refractivity contribution is 7.94. The molecule has 6 heteroatoms. The maximum Gasteiger partial charge on any atom is 0.220 e. The smallest absolute Gasteiger partial charge is 0.220 e. The van der Waals surface area contributed by atoms with E-state index < -0.39 is 15.9 Å². The molecule has 0 aromatic heterocycles. The summed E-state index contributed by atoms with van der Waals surface area (Å²) in [6.07, 6.45) is 2.09. The van der Waals surface area contributed by atoms with Crippen LogP contribution in [0.15, 0.2) is 11.5 Å². The third kappa shape index (κ3) is 3.47. The van der Waals surface area contributed by atoms with E-state index in [0.717, 1.165) is 5.41 Å². The highest BCUT2D eigenvalue weighted by atomic mass is 32.2. The van der Waals surface area contributed by atoms with Gasteiger partial charge < -0.3 is 10.4 Å². The number of aliphatic hydroxyl groups excluding tert-OH is 1. The summed E-state index contributed by atoms with van der Waals surface area (Å²) in [5.41, 5.74) is 0. The van der Waals surface area contributed by atoms with E-state index in [0.29, 0.717) is 6.42 Å². The lowest BCUT2D eigenvalue weighted by atomic mass is 10.2. The molecule has 80 valence electrons. The molecule has 0 aliphatic carbocycles. The summed E-state index contributed by atoms with van der Waals surface area (Å²) in [6, 6.07) is -0.411. The third-order valence-electron chi connectivity index (χ3n) is 1.84. The average molecular weight is 219 g/mol. The number of amides is 1. The van der Waals surface area contributed by atoms with Crippen molar-refractivity contribution in [1.82, 2.24) is 5.32 Å². The number of rotatable bonds is 4. The summed E-state index contributed by atoms with van der Waals surface area (Å²) >= 11 is 0. The van der Waals surface area contributed by atoms with E-state index in [-0.39, 0.29) is 24.7 Å². The van der Waals surface area contributed by atoms with Gasteiger partial charge in [-0.05, 0) is 12.5 Å². The number of hydrogen-bond acceptors (Lipinski definition) is 4. The molecule has 5 nitrogen and oxygen atoms in total. The quantitative estimate of drug-likeness (QED) is 0.647. The second kappa shape index (κ2) is 4.56. The van der Waals surface area contributed by atoms with Crippen molar-refractivity contribution in [3.8, 4) is 0 Å². The van der Waals surface area contributed by atoms with Gasteiger partial charge in [0.2, 0.25) is 5.91 Å². The maximum absolute atomic E-state index is 11.1. The molecule has 1 rings (SSSR count). The molecule has 14 heavy (non-hydrogen) atoms. The first-order chi connectivity index (χ1) is 6.53. The molecular formula is C8H13NO4S. The Bertz CT molecular complexity index is 333. The van der Waals surface area contributed by atoms with E-state index in [1.54, 1.807) is 0 Å². The van der Waals surface area contributed by atoms with Crippen molar-refractivity contribution in [2.24, 2.45) is 0 Å². The Balaban J connectivity index is 2.34. The molecule has 0 spiro atoms. The van der Waals surface area contributed by atoms with Crippen LogP contribution in [0, 0.1) is 0 Å². The fraction of sp³-hybridized carbons (Fsp3) is 0.625. The van der Waals surface area contributed by atoms with Crippen molar-refractivity contribution in [3.63, 3.8) is 0 Å². The fourth-order valence-electron chi connectivity index (χ4n) is 1.18. The monoisotopic (exact) mass is 219 g/mol. The molecule has 0 bridgehead atoms. The molecule has 0 aromatic rings.